The van der Waals surface area contributed by atoms with Crippen molar-refractivity contribution in [2.24, 2.45) is 0 Å². The van der Waals surface area contributed by atoms with Crippen LogP contribution in [0.15, 0.2) is 85.2 Å². The molecule has 0 spiro atoms. The predicted octanol–water partition coefficient (Wildman–Crippen LogP) is 6.45. The monoisotopic (exact) mass is 876 g/mol. The number of nitrogens with zero attached hydrogens (tertiary/aromatic N) is 5. The molecule has 0 saturated carbocycles. The zero-order valence-electron chi connectivity index (χ0n) is 35.0. The van der Waals surface area contributed by atoms with Crippen LogP contribution in [-0.2, 0) is 28.5 Å². The third kappa shape index (κ3) is 16.3. The number of nitrogens with two attached hydrogens (primary N) is 1. The van der Waals surface area contributed by atoms with Crippen LogP contribution in [-0.4, -0.2) is 128 Å². The topological polar surface area (TPSA) is 204 Å². The van der Waals surface area contributed by atoms with Crippen LogP contribution in [0.2, 0.25) is 0 Å². The second kappa shape index (κ2) is 27.2. The Hall–Kier alpha value is -5.75. The quantitative estimate of drug-likeness (QED) is 0.0269. The smallest absolute Gasteiger partial charge is 0.407 e. The number of hydrogen-bond acceptors (Lipinski definition) is 13. The van der Waals surface area contributed by atoms with Gasteiger partial charge in [-0.15, -0.1) is 11.6 Å². The van der Waals surface area contributed by atoms with Crippen molar-refractivity contribution in [1.29, 1.82) is 0 Å². The van der Waals surface area contributed by atoms with Gasteiger partial charge in [0.25, 0.3) is 0 Å². The summed E-state index contributed by atoms with van der Waals surface area (Å²) in [5, 5.41) is 10.8. The van der Waals surface area contributed by atoms with Gasteiger partial charge >= 0.3 is 12.2 Å². The van der Waals surface area contributed by atoms with Crippen LogP contribution >= 0.6 is 11.6 Å². The van der Waals surface area contributed by atoms with Crippen LogP contribution in [0.1, 0.15) is 44.6 Å². The fourth-order valence-electron chi connectivity index (χ4n) is 6.43. The number of rotatable bonds is 26. The SMILES string of the molecule is Nc1ncnc2c1c(-c1ccc(Oc3ccccc3)cc1)nn2[C@@H]1CCCN(C(=O)/C=C/CNC(=O)OC/C=C\COCCOC(=O)NCCOCCOCCCCCCCl)C1. The highest BCUT2D eigenvalue weighted by atomic mass is 35.5. The van der Waals surface area contributed by atoms with Gasteiger partial charge in [-0.05, 0) is 68.2 Å². The summed E-state index contributed by atoms with van der Waals surface area (Å²) in [5.74, 6) is 2.27. The molecule has 2 aromatic carbocycles. The molecule has 1 fully saturated rings. The molecule has 18 heteroatoms. The number of aromatic nitrogens is 4. The van der Waals surface area contributed by atoms with E-state index in [4.69, 9.17) is 50.9 Å². The van der Waals surface area contributed by atoms with Gasteiger partial charge in [0.15, 0.2) is 5.65 Å². The van der Waals surface area contributed by atoms with E-state index in [1.165, 1.54) is 12.4 Å². The molecule has 17 nitrogen and oxygen atoms in total. The number of carbonyl (C=O) groups is 3. The maximum absolute atomic E-state index is 13.2. The Morgan fingerprint density at radius 3 is 2.35 bits per heavy atom. The number of nitrogen functional groups attached to an aromatic ring is 1. The van der Waals surface area contributed by atoms with Gasteiger partial charge < -0.3 is 49.7 Å². The van der Waals surface area contributed by atoms with E-state index in [-0.39, 0.29) is 44.9 Å². The van der Waals surface area contributed by atoms with Crippen LogP contribution in [0.3, 0.4) is 0 Å². The number of amides is 3. The minimum Gasteiger partial charge on any atom is -0.457 e. The number of piperidine rings is 1. The van der Waals surface area contributed by atoms with Crippen molar-refractivity contribution >= 4 is 46.5 Å². The second-order valence-corrected chi connectivity index (χ2v) is 14.5. The summed E-state index contributed by atoms with van der Waals surface area (Å²) in [6, 6.07) is 17.0. The van der Waals surface area contributed by atoms with Crippen LogP contribution < -0.4 is 21.1 Å². The molecular weight excluding hydrogens is 820 g/mol. The molecule has 62 heavy (non-hydrogen) atoms. The first-order chi connectivity index (χ1) is 30.4. The number of para-hydroxylation sites is 1. The summed E-state index contributed by atoms with van der Waals surface area (Å²) in [6.45, 7) is 4.06. The average molecular weight is 877 g/mol. The lowest BCUT2D eigenvalue weighted by atomic mass is 10.1. The number of alkyl carbamates (subject to hydrolysis) is 2. The molecular formula is C44H57ClN8O9. The standard InChI is InChI=1S/C44H57ClN8O9/c45-20-6-1-2-7-24-57-28-29-59-27-22-48-44(56)61-31-30-58-25-8-9-26-60-43(55)47-21-10-15-38(54)52-23-11-12-35(32-52)53-42-39(41(46)49-33-50-42)40(51-53)34-16-18-37(19-17-34)62-36-13-4-3-5-14-36/h3-5,8-10,13-19,33,35H,1-2,6-7,11-12,20-32H2,(H,47,55)(H,48,56)(H2,46,49,50)/b9-8-,15-10+/t35-/m1/s1. The lowest BCUT2D eigenvalue weighted by molar-refractivity contribution is -0.127. The molecule has 3 amide bonds. The zero-order chi connectivity index (χ0) is 43.6. The van der Waals surface area contributed by atoms with E-state index in [0.29, 0.717) is 80.2 Å². The summed E-state index contributed by atoms with van der Waals surface area (Å²) >= 11 is 5.66. The molecule has 1 saturated heterocycles. The van der Waals surface area contributed by atoms with Gasteiger partial charge in [-0.25, -0.2) is 24.2 Å². The fourth-order valence-corrected chi connectivity index (χ4v) is 6.61. The van der Waals surface area contributed by atoms with Gasteiger partial charge in [0, 0.05) is 50.3 Å². The maximum Gasteiger partial charge on any atom is 0.407 e. The Bertz CT molecular complexity index is 2020. The van der Waals surface area contributed by atoms with Gasteiger partial charge in [-0.2, -0.15) is 5.10 Å². The van der Waals surface area contributed by atoms with Gasteiger partial charge in [-0.3, -0.25) is 4.79 Å². The summed E-state index contributed by atoms with van der Waals surface area (Å²) < 4.78 is 34.3. The molecule has 4 aromatic rings. The first kappa shape index (κ1) is 47.3. The Kier molecular flexibility index (Phi) is 20.8. The van der Waals surface area contributed by atoms with Crippen LogP contribution in [0.25, 0.3) is 22.3 Å². The minimum absolute atomic E-state index is 0.0313. The molecule has 334 valence electrons. The lowest BCUT2D eigenvalue weighted by Crippen LogP contribution is -2.40. The molecule has 0 unspecified atom stereocenters. The average Bonchev–Trinajstić information content (AvgIpc) is 3.69. The summed E-state index contributed by atoms with van der Waals surface area (Å²) in [5.41, 5.74) is 8.44. The van der Waals surface area contributed by atoms with Gasteiger partial charge in [0.1, 0.15) is 42.6 Å². The maximum atomic E-state index is 13.2. The Labute approximate surface area is 366 Å². The minimum atomic E-state index is -0.630. The number of ether oxygens (including phenoxy) is 6. The molecule has 2 aromatic heterocycles. The third-order valence-corrected chi connectivity index (χ3v) is 9.78. The molecule has 1 aliphatic rings. The number of carbonyl (C=O) groups excluding carboxylic acids is 3. The fraction of sp³-hybridized carbons (Fsp3) is 0.455. The molecule has 0 bridgehead atoms. The van der Waals surface area contributed by atoms with Crippen molar-refractivity contribution in [3.63, 3.8) is 0 Å². The number of alkyl halides is 1. The van der Waals surface area contributed by atoms with Crippen molar-refractivity contribution in [2.75, 3.05) is 90.6 Å². The molecule has 5 rings (SSSR count). The normalized spacial score (nSPS) is 14.1. The van der Waals surface area contributed by atoms with Crippen molar-refractivity contribution in [1.82, 2.24) is 35.3 Å². The number of halogens is 1. The molecule has 4 N–H and O–H groups in total. The second-order valence-electron chi connectivity index (χ2n) is 14.1. The summed E-state index contributed by atoms with van der Waals surface area (Å²) in [6.07, 6.45) is 12.4. The van der Waals surface area contributed by atoms with Crippen molar-refractivity contribution < 1.29 is 42.8 Å². The van der Waals surface area contributed by atoms with E-state index in [1.807, 2.05) is 59.3 Å². The Balaban J connectivity index is 0.925. The highest BCUT2D eigenvalue weighted by Gasteiger charge is 2.28. The van der Waals surface area contributed by atoms with Crippen LogP contribution in [0.5, 0.6) is 11.5 Å². The van der Waals surface area contributed by atoms with E-state index < -0.39 is 12.2 Å². The first-order valence-electron chi connectivity index (χ1n) is 21.0. The predicted molar refractivity (Wildman–Crippen MR) is 235 cm³/mol. The number of fused-ring (bicyclic) bond motifs is 1. The van der Waals surface area contributed by atoms with Gasteiger partial charge in [0.2, 0.25) is 5.91 Å². The largest absolute Gasteiger partial charge is 0.457 e. The van der Waals surface area contributed by atoms with Crippen molar-refractivity contribution in [2.45, 2.75) is 44.6 Å². The Morgan fingerprint density at radius 2 is 1.53 bits per heavy atom. The summed E-state index contributed by atoms with van der Waals surface area (Å²) in [7, 11) is 0. The van der Waals surface area contributed by atoms with E-state index in [9.17, 15) is 14.4 Å². The number of benzene rings is 2. The summed E-state index contributed by atoms with van der Waals surface area (Å²) in [4.78, 5) is 47.6. The number of nitrogens with one attached hydrogen (secondary N) is 2. The number of unbranched alkanes of at least 4 members (excludes halogenated alkanes) is 3. The molecule has 1 atom stereocenters. The van der Waals surface area contributed by atoms with E-state index in [2.05, 4.69) is 20.6 Å². The van der Waals surface area contributed by atoms with Gasteiger partial charge in [0.05, 0.1) is 44.5 Å². The zero-order valence-corrected chi connectivity index (χ0v) is 35.7. The Morgan fingerprint density at radius 1 is 0.790 bits per heavy atom. The highest BCUT2D eigenvalue weighted by molar-refractivity contribution is 6.17. The third-order valence-electron chi connectivity index (χ3n) is 9.52. The van der Waals surface area contributed by atoms with Gasteiger partial charge in [-0.1, -0.05) is 43.2 Å². The molecule has 1 aliphatic heterocycles. The number of hydrogen-bond donors (Lipinski definition) is 3. The first-order valence-corrected chi connectivity index (χ1v) is 21.5. The molecule has 0 aliphatic carbocycles. The number of anilines is 1. The van der Waals surface area contributed by atoms with Crippen molar-refractivity contribution in [3.8, 4) is 22.8 Å². The van der Waals surface area contributed by atoms with E-state index in [1.54, 1.807) is 23.1 Å². The van der Waals surface area contributed by atoms with E-state index in [0.717, 1.165) is 49.8 Å². The number of likely N-dealkylation sites (tertiary alicyclic amines) is 1. The highest BCUT2D eigenvalue weighted by Crippen LogP contribution is 2.35. The molecule has 3 heterocycles. The van der Waals surface area contributed by atoms with Crippen molar-refractivity contribution in [3.05, 3.63) is 85.2 Å². The van der Waals surface area contributed by atoms with Crippen LogP contribution in [0, 0.1) is 0 Å². The molecule has 0 radical (unpaired) electrons. The lowest BCUT2D eigenvalue weighted by Gasteiger charge is -2.32. The van der Waals surface area contributed by atoms with E-state index >= 15 is 0 Å². The van der Waals surface area contributed by atoms with Crippen LogP contribution in [0.4, 0.5) is 15.4 Å².